The summed E-state index contributed by atoms with van der Waals surface area (Å²) < 4.78 is 1.94. The van der Waals surface area contributed by atoms with Crippen molar-refractivity contribution < 1.29 is 9.90 Å². The molecule has 20 heavy (non-hydrogen) atoms. The van der Waals surface area contributed by atoms with E-state index in [1.165, 1.54) is 18.4 Å². The Labute approximate surface area is 118 Å². The lowest BCUT2D eigenvalue weighted by atomic mass is 10.1. The normalized spacial score (nSPS) is 14.5. The summed E-state index contributed by atoms with van der Waals surface area (Å²) in [6.07, 6.45) is 2.32. The number of nitrogens with zero attached hydrogens (tertiary/aromatic N) is 2. The molecule has 1 N–H and O–H groups in total. The van der Waals surface area contributed by atoms with Gasteiger partial charge in [0.1, 0.15) is 0 Å². The molecule has 1 aromatic heterocycles. The van der Waals surface area contributed by atoms with E-state index in [0.717, 1.165) is 16.9 Å². The van der Waals surface area contributed by atoms with E-state index in [2.05, 4.69) is 37.1 Å². The number of benzene rings is 1. The molecule has 3 rings (SSSR count). The van der Waals surface area contributed by atoms with Crippen LogP contribution in [0.5, 0.6) is 0 Å². The number of hydrogen-bond donors (Lipinski definition) is 1. The maximum atomic E-state index is 10.9. The van der Waals surface area contributed by atoms with Gasteiger partial charge in [-0.15, -0.1) is 0 Å². The summed E-state index contributed by atoms with van der Waals surface area (Å²) in [5, 5.41) is 13.4. The minimum atomic E-state index is -0.836. The van der Waals surface area contributed by atoms with Gasteiger partial charge < -0.3 is 5.11 Å². The molecule has 0 spiro atoms. The fourth-order valence-electron chi connectivity index (χ4n) is 2.59. The van der Waals surface area contributed by atoms with Crippen LogP contribution < -0.4 is 0 Å². The predicted octanol–water partition coefficient (Wildman–Crippen LogP) is 2.99. The molecule has 0 amide bonds. The Morgan fingerprint density at radius 1 is 1.35 bits per heavy atom. The van der Waals surface area contributed by atoms with Gasteiger partial charge in [-0.3, -0.25) is 4.79 Å². The Kier molecular flexibility index (Phi) is 3.08. The Morgan fingerprint density at radius 3 is 2.70 bits per heavy atom. The molecule has 4 nitrogen and oxygen atoms in total. The van der Waals surface area contributed by atoms with Crippen LogP contribution in [-0.4, -0.2) is 20.9 Å². The topological polar surface area (TPSA) is 55.1 Å². The maximum absolute atomic E-state index is 10.9. The molecule has 1 saturated carbocycles. The zero-order valence-electron chi connectivity index (χ0n) is 11.8. The highest BCUT2D eigenvalue weighted by molar-refractivity contribution is 5.69. The third kappa shape index (κ3) is 2.46. The van der Waals surface area contributed by atoms with Crippen LogP contribution in [0.3, 0.4) is 0 Å². The van der Waals surface area contributed by atoms with Crippen molar-refractivity contribution in [2.24, 2.45) is 0 Å². The second-order valence-electron chi connectivity index (χ2n) is 5.61. The quantitative estimate of drug-likeness (QED) is 0.929. The van der Waals surface area contributed by atoms with E-state index in [1.807, 2.05) is 10.7 Å². The van der Waals surface area contributed by atoms with E-state index in [4.69, 9.17) is 5.11 Å². The van der Waals surface area contributed by atoms with Gasteiger partial charge in [-0.25, -0.2) is 4.68 Å². The van der Waals surface area contributed by atoms with Crippen LogP contribution >= 0.6 is 0 Å². The van der Waals surface area contributed by atoms with E-state index in [9.17, 15) is 4.79 Å². The number of aliphatic carboxylic acids is 1. The smallest absolute Gasteiger partial charge is 0.309 e. The van der Waals surface area contributed by atoms with E-state index >= 15 is 0 Å². The molecule has 104 valence electrons. The summed E-state index contributed by atoms with van der Waals surface area (Å²) in [7, 11) is 0. The number of aryl methyl sites for hydroxylation is 2. The van der Waals surface area contributed by atoms with Gasteiger partial charge in [0.2, 0.25) is 0 Å². The van der Waals surface area contributed by atoms with Crippen molar-refractivity contribution in [3.63, 3.8) is 0 Å². The van der Waals surface area contributed by atoms with Crippen molar-refractivity contribution in [2.45, 2.75) is 39.0 Å². The van der Waals surface area contributed by atoms with Crippen molar-refractivity contribution in [3.8, 4) is 5.69 Å². The fourth-order valence-corrected chi connectivity index (χ4v) is 2.59. The second-order valence-corrected chi connectivity index (χ2v) is 5.61. The molecule has 4 heteroatoms. The highest BCUT2D eigenvalue weighted by atomic mass is 16.4. The van der Waals surface area contributed by atoms with Crippen LogP contribution in [0.1, 0.15) is 41.3 Å². The lowest BCUT2D eigenvalue weighted by molar-refractivity contribution is -0.136. The standard InChI is InChI=1S/C16H18N2O2/c1-10-3-6-14(11(2)7-10)18-15(12-4-5-12)8-13(17-18)9-16(19)20/h3,6-8,12H,4-5,9H2,1-2H3,(H,19,20). The largest absolute Gasteiger partial charge is 0.481 e. The third-order valence-electron chi connectivity index (χ3n) is 3.70. The van der Waals surface area contributed by atoms with Gasteiger partial charge in [-0.2, -0.15) is 5.10 Å². The van der Waals surface area contributed by atoms with Gasteiger partial charge in [-0.1, -0.05) is 17.7 Å². The minimum Gasteiger partial charge on any atom is -0.481 e. The van der Waals surface area contributed by atoms with E-state index in [0.29, 0.717) is 11.6 Å². The molecule has 0 bridgehead atoms. The first-order valence-corrected chi connectivity index (χ1v) is 6.93. The molecule has 1 heterocycles. The number of aromatic nitrogens is 2. The molecule has 1 fully saturated rings. The molecule has 1 aromatic carbocycles. The average Bonchev–Trinajstić information content (AvgIpc) is 3.11. The summed E-state index contributed by atoms with van der Waals surface area (Å²) in [4.78, 5) is 10.9. The lowest BCUT2D eigenvalue weighted by Gasteiger charge is -2.10. The highest BCUT2D eigenvalue weighted by Crippen LogP contribution is 2.41. The number of hydrogen-bond acceptors (Lipinski definition) is 2. The summed E-state index contributed by atoms with van der Waals surface area (Å²) in [6.45, 7) is 4.13. The van der Waals surface area contributed by atoms with Crippen molar-refractivity contribution in [1.29, 1.82) is 0 Å². The lowest BCUT2D eigenvalue weighted by Crippen LogP contribution is -2.05. The van der Waals surface area contributed by atoms with Crippen molar-refractivity contribution in [3.05, 3.63) is 46.8 Å². The van der Waals surface area contributed by atoms with Crippen LogP contribution in [0.2, 0.25) is 0 Å². The predicted molar refractivity (Wildman–Crippen MR) is 76.4 cm³/mol. The van der Waals surface area contributed by atoms with E-state index in [-0.39, 0.29) is 6.42 Å². The summed E-state index contributed by atoms with van der Waals surface area (Å²) in [5.74, 6) is -0.302. The van der Waals surface area contributed by atoms with Gasteiger partial charge in [0, 0.05) is 11.6 Å². The number of carbonyl (C=O) groups is 1. The first-order valence-electron chi connectivity index (χ1n) is 6.93. The van der Waals surface area contributed by atoms with Crippen molar-refractivity contribution in [2.75, 3.05) is 0 Å². The fraction of sp³-hybridized carbons (Fsp3) is 0.375. The number of carboxylic acid groups (broad SMARTS) is 1. The summed E-state index contributed by atoms with van der Waals surface area (Å²) in [5.41, 5.74) is 5.22. The summed E-state index contributed by atoms with van der Waals surface area (Å²) >= 11 is 0. The molecule has 0 saturated heterocycles. The first kappa shape index (κ1) is 12.9. The third-order valence-corrected chi connectivity index (χ3v) is 3.70. The van der Waals surface area contributed by atoms with Crippen LogP contribution in [-0.2, 0) is 11.2 Å². The molecular weight excluding hydrogens is 252 g/mol. The number of rotatable bonds is 4. The van der Waals surface area contributed by atoms with E-state index in [1.54, 1.807) is 0 Å². The van der Waals surface area contributed by atoms with Gasteiger partial charge in [0.25, 0.3) is 0 Å². The Morgan fingerprint density at radius 2 is 2.10 bits per heavy atom. The van der Waals surface area contributed by atoms with Gasteiger partial charge in [0.15, 0.2) is 0 Å². The average molecular weight is 270 g/mol. The van der Waals surface area contributed by atoms with Crippen LogP contribution in [0.4, 0.5) is 0 Å². The van der Waals surface area contributed by atoms with Crippen molar-refractivity contribution >= 4 is 5.97 Å². The van der Waals surface area contributed by atoms with Gasteiger partial charge >= 0.3 is 5.97 Å². The second kappa shape index (κ2) is 4.78. The van der Waals surface area contributed by atoms with Gasteiger partial charge in [-0.05, 0) is 44.4 Å². The molecule has 0 radical (unpaired) electrons. The summed E-state index contributed by atoms with van der Waals surface area (Å²) in [6, 6.07) is 8.21. The van der Waals surface area contributed by atoms with Crippen LogP contribution in [0, 0.1) is 13.8 Å². The zero-order chi connectivity index (χ0) is 14.3. The molecule has 0 unspecified atom stereocenters. The highest BCUT2D eigenvalue weighted by Gasteiger charge is 2.29. The molecule has 2 aromatic rings. The van der Waals surface area contributed by atoms with Crippen LogP contribution in [0.25, 0.3) is 5.69 Å². The molecule has 0 aliphatic heterocycles. The SMILES string of the molecule is Cc1ccc(-n2nc(CC(=O)O)cc2C2CC2)c(C)c1. The molecule has 1 aliphatic carbocycles. The Bertz CT molecular complexity index is 669. The maximum Gasteiger partial charge on any atom is 0.309 e. The molecular formula is C16H18N2O2. The van der Waals surface area contributed by atoms with E-state index < -0.39 is 5.97 Å². The monoisotopic (exact) mass is 270 g/mol. The zero-order valence-corrected chi connectivity index (χ0v) is 11.8. The number of carboxylic acids is 1. The van der Waals surface area contributed by atoms with Gasteiger partial charge in [0.05, 0.1) is 17.8 Å². The molecule has 0 atom stereocenters. The Hall–Kier alpha value is -2.10. The minimum absolute atomic E-state index is 0.0162. The van der Waals surface area contributed by atoms with Crippen molar-refractivity contribution in [1.82, 2.24) is 9.78 Å². The molecule has 1 aliphatic rings. The Balaban J connectivity index is 2.06. The van der Waals surface area contributed by atoms with Crippen LogP contribution in [0.15, 0.2) is 24.3 Å². The first-order chi connectivity index (χ1) is 9.54.